The zero-order chi connectivity index (χ0) is 16.5. The number of benzene rings is 1. The number of nitrogens with one attached hydrogen (secondary N) is 2. The Bertz CT molecular complexity index is 623. The van der Waals surface area contributed by atoms with Gasteiger partial charge in [0.1, 0.15) is 0 Å². The van der Waals surface area contributed by atoms with E-state index in [9.17, 15) is 4.79 Å². The Hall–Kier alpha value is -2.36. The Balaban J connectivity index is 1.88. The van der Waals surface area contributed by atoms with Gasteiger partial charge in [0.25, 0.3) is 5.91 Å². The number of pyridine rings is 1. The Morgan fingerprint density at radius 2 is 1.91 bits per heavy atom. The van der Waals surface area contributed by atoms with Gasteiger partial charge in [0.05, 0.1) is 11.3 Å². The summed E-state index contributed by atoms with van der Waals surface area (Å²) >= 11 is 0. The number of anilines is 1. The Morgan fingerprint density at radius 3 is 2.65 bits per heavy atom. The average Bonchev–Trinajstić information content (AvgIpc) is 2.58. The number of rotatable bonds is 8. The number of carbonyl (C=O) groups excluding carboxylic acids is 1. The standard InChI is InChI=1S/C19H25N3O/c1-3-4-5-10-21-19(23)17-11-18(14-20-13-17)22-12-16-8-6-15(2)7-9-16/h6-9,11,13-14,22H,3-5,10,12H2,1-2H3,(H,21,23). The van der Waals surface area contributed by atoms with Crippen LogP contribution < -0.4 is 10.6 Å². The van der Waals surface area contributed by atoms with Crippen molar-refractivity contribution in [2.45, 2.75) is 39.7 Å². The first kappa shape index (κ1) is 17.0. The van der Waals surface area contributed by atoms with E-state index in [1.54, 1.807) is 12.4 Å². The van der Waals surface area contributed by atoms with E-state index < -0.39 is 0 Å². The molecule has 4 heteroatoms. The van der Waals surface area contributed by atoms with E-state index in [1.807, 2.05) is 6.07 Å². The van der Waals surface area contributed by atoms with Crippen LogP contribution in [0.1, 0.15) is 47.7 Å². The van der Waals surface area contributed by atoms with E-state index in [4.69, 9.17) is 0 Å². The van der Waals surface area contributed by atoms with E-state index in [1.165, 1.54) is 11.1 Å². The van der Waals surface area contributed by atoms with Gasteiger partial charge in [-0.05, 0) is 25.0 Å². The number of hydrogen-bond donors (Lipinski definition) is 2. The van der Waals surface area contributed by atoms with Crippen molar-refractivity contribution in [3.63, 3.8) is 0 Å². The molecule has 0 fully saturated rings. The first-order valence-electron chi connectivity index (χ1n) is 8.21. The van der Waals surface area contributed by atoms with Crippen LogP contribution in [-0.2, 0) is 6.54 Å². The van der Waals surface area contributed by atoms with Gasteiger partial charge in [-0.3, -0.25) is 9.78 Å². The first-order valence-corrected chi connectivity index (χ1v) is 8.21. The van der Waals surface area contributed by atoms with Gasteiger partial charge in [-0.2, -0.15) is 0 Å². The lowest BCUT2D eigenvalue weighted by Gasteiger charge is -2.09. The third-order valence-electron chi connectivity index (χ3n) is 3.68. The lowest BCUT2D eigenvalue weighted by atomic mass is 10.1. The summed E-state index contributed by atoms with van der Waals surface area (Å²) in [7, 11) is 0. The minimum atomic E-state index is -0.0624. The van der Waals surface area contributed by atoms with Crippen LogP contribution in [0.15, 0.2) is 42.7 Å². The van der Waals surface area contributed by atoms with Crippen molar-refractivity contribution in [1.82, 2.24) is 10.3 Å². The molecule has 2 N–H and O–H groups in total. The molecule has 0 aliphatic rings. The fraction of sp³-hybridized carbons (Fsp3) is 0.368. The Kier molecular flexibility index (Phi) is 6.60. The highest BCUT2D eigenvalue weighted by molar-refractivity contribution is 5.94. The molecule has 0 saturated carbocycles. The minimum absolute atomic E-state index is 0.0624. The molecular formula is C19H25N3O. The van der Waals surface area contributed by atoms with Gasteiger partial charge in [0.15, 0.2) is 0 Å². The van der Waals surface area contributed by atoms with Crippen molar-refractivity contribution in [3.05, 3.63) is 59.4 Å². The second kappa shape index (κ2) is 8.93. The van der Waals surface area contributed by atoms with E-state index >= 15 is 0 Å². The molecule has 2 aromatic rings. The van der Waals surface area contributed by atoms with E-state index in [0.717, 1.165) is 24.9 Å². The summed E-state index contributed by atoms with van der Waals surface area (Å²) in [4.78, 5) is 16.2. The fourth-order valence-electron chi connectivity index (χ4n) is 2.25. The zero-order valence-electron chi connectivity index (χ0n) is 13.9. The third kappa shape index (κ3) is 5.74. The maximum Gasteiger partial charge on any atom is 0.252 e. The van der Waals surface area contributed by atoms with E-state index in [0.29, 0.717) is 18.7 Å². The highest BCUT2D eigenvalue weighted by Crippen LogP contribution is 2.11. The molecular weight excluding hydrogens is 286 g/mol. The Labute approximate surface area is 138 Å². The second-order valence-electron chi connectivity index (χ2n) is 5.76. The van der Waals surface area contributed by atoms with E-state index in [-0.39, 0.29) is 5.91 Å². The summed E-state index contributed by atoms with van der Waals surface area (Å²) < 4.78 is 0. The highest BCUT2D eigenvalue weighted by atomic mass is 16.1. The molecule has 1 aromatic heterocycles. The van der Waals surface area contributed by atoms with Crippen LogP contribution in [0.3, 0.4) is 0 Å². The number of aromatic nitrogens is 1. The number of hydrogen-bond acceptors (Lipinski definition) is 3. The van der Waals surface area contributed by atoms with Crippen LogP contribution >= 0.6 is 0 Å². The largest absolute Gasteiger partial charge is 0.380 e. The molecule has 0 radical (unpaired) electrons. The molecule has 0 bridgehead atoms. The van der Waals surface area contributed by atoms with Crippen LogP contribution in [0.5, 0.6) is 0 Å². The van der Waals surface area contributed by atoms with Crippen LogP contribution in [0.2, 0.25) is 0 Å². The predicted molar refractivity (Wildman–Crippen MR) is 94.6 cm³/mol. The molecule has 1 aromatic carbocycles. The lowest BCUT2D eigenvalue weighted by Crippen LogP contribution is -2.24. The van der Waals surface area contributed by atoms with Crippen LogP contribution in [-0.4, -0.2) is 17.4 Å². The van der Waals surface area contributed by atoms with Gasteiger partial charge in [-0.15, -0.1) is 0 Å². The van der Waals surface area contributed by atoms with Crippen molar-refractivity contribution >= 4 is 11.6 Å². The number of aryl methyl sites for hydroxylation is 1. The van der Waals surface area contributed by atoms with Gasteiger partial charge in [0.2, 0.25) is 0 Å². The average molecular weight is 311 g/mol. The quantitative estimate of drug-likeness (QED) is 0.726. The SMILES string of the molecule is CCCCCNC(=O)c1cncc(NCc2ccc(C)cc2)c1. The lowest BCUT2D eigenvalue weighted by molar-refractivity contribution is 0.0952. The van der Waals surface area contributed by atoms with Crippen LogP contribution in [0, 0.1) is 6.92 Å². The third-order valence-corrected chi connectivity index (χ3v) is 3.68. The second-order valence-corrected chi connectivity index (χ2v) is 5.76. The molecule has 0 spiro atoms. The molecule has 0 aliphatic carbocycles. The maximum absolute atomic E-state index is 12.1. The molecule has 4 nitrogen and oxygen atoms in total. The normalized spacial score (nSPS) is 10.3. The summed E-state index contributed by atoms with van der Waals surface area (Å²) in [6.45, 7) is 5.65. The fourth-order valence-corrected chi connectivity index (χ4v) is 2.25. The number of nitrogens with zero attached hydrogens (tertiary/aromatic N) is 1. The molecule has 0 aliphatic heterocycles. The number of amides is 1. The number of carbonyl (C=O) groups is 1. The molecule has 1 heterocycles. The van der Waals surface area contributed by atoms with Gasteiger partial charge in [-0.1, -0.05) is 49.6 Å². The summed E-state index contributed by atoms with van der Waals surface area (Å²) in [5.74, 6) is -0.0624. The summed E-state index contributed by atoms with van der Waals surface area (Å²) in [5, 5.41) is 6.24. The van der Waals surface area contributed by atoms with Crippen molar-refractivity contribution in [2.75, 3.05) is 11.9 Å². The monoisotopic (exact) mass is 311 g/mol. The molecule has 0 unspecified atom stereocenters. The smallest absolute Gasteiger partial charge is 0.252 e. The molecule has 1 amide bonds. The molecule has 23 heavy (non-hydrogen) atoms. The van der Waals surface area contributed by atoms with Gasteiger partial charge >= 0.3 is 0 Å². The molecule has 122 valence electrons. The molecule has 2 rings (SSSR count). The van der Waals surface area contributed by atoms with E-state index in [2.05, 4.69) is 53.7 Å². The molecule has 0 saturated heterocycles. The predicted octanol–water partition coefficient (Wildman–Crippen LogP) is 3.92. The number of unbranched alkanes of at least 4 members (excludes halogenated alkanes) is 2. The first-order chi connectivity index (χ1) is 11.2. The zero-order valence-corrected chi connectivity index (χ0v) is 13.9. The summed E-state index contributed by atoms with van der Waals surface area (Å²) in [6, 6.07) is 10.2. The summed E-state index contributed by atoms with van der Waals surface area (Å²) in [6.07, 6.45) is 6.64. The summed E-state index contributed by atoms with van der Waals surface area (Å²) in [5.41, 5.74) is 3.89. The van der Waals surface area contributed by atoms with Gasteiger partial charge < -0.3 is 10.6 Å². The van der Waals surface area contributed by atoms with Gasteiger partial charge in [-0.25, -0.2) is 0 Å². The van der Waals surface area contributed by atoms with Gasteiger partial charge in [0, 0.05) is 25.5 Å². The van der Waals surface area contributed by atoms with Crippen molar-refractivity contribution < 1.29 is 4.79 Å². The Morgan fingerprint density at radius 1 is 1.13 bits per heavy atom. The minimum Gasteiger partial charge on any atom is -0.380 e. The van der Waals surface area contributed by atoms with Crippen molar-refractivity contribution in [2.24, 2.45) is 0 Å². The highest BCUT2D eigenvalue weighted by Gasteiger charge is 2.06. The van der Waals surface area contributed by atoms with Crippen LogP contribution in [0.4, 0.5) is 5.69 Å². The topological polar surface area (TPSA) is 54.0 Å². The van der Waals surface area contributed by atoms with Crippen LogP contribution in [0.25, 0.3) is 0 Å². The molecule has 0 atom stereocenters. The van der Waals surface area contributed by atoms with Crippen molar-refractivity contribution in [1.29, 1.82) is 0 Å². The van der Waals surface area contributed by atoms with Crippen molar-refractivity contribution in [3.8, 4) is 0 Å². The maximum atomic E-state index is 12.1.